The molecular weight excluding hydrogens is 300 g/mol. The Morgan fingerprint density at radius 3 is 2.32 bits per heavy atom. The monoisotopic (exact) mass is 328 g/mol. The lowest BCUT2D eigenvalue weighted by Gasteiger charge is -2.20. The molecule has 1 aliphatic rings. The van der Waals surface area contributed by atoms with Crippen LogP contribution in [0.1, 0.15) is 48.9 Å². The molecule has 0 amide bonds. The van der Waals surface area contributed by atoms with Crippen molar-refractivity contribution < 1.29 is 0 Å². The molecule has 3 rings (SSSR count). The third-order valence-corrected chi connectivity index (χ3v) is 5.29. The zero-order chi connectivity index (χ0) is 18.0. The summed E-state index contributed by atoms with van der Waals surface area (Å²) in [6, 6.07) is 13.3. The minimum atomic E-state index is 0.645. The molecule has 0 unspecified atom stereocenters. The minimum absolute atomic E-state index is 0.645. The third kappa shape index (κ3) is 3.54. The van der Waals surface area contributed by atoms with Crippen LogP contribution in [0.3, 0.4) is 0 Å². The van der Waals surface area contributed by atoms with Crippen LogP contribution >= 0.6 is 0 Å². The van der Waals surface area contributed by atoms with Gasteiger partial charge < -0.3 is 0 Å². The van der Waals surface area contributed by atoms with Crippen LogP contribution in [0.4, 0.5) is 0 Å². The van der Waals surface area contributed by atoms with Crippen LogP contribution in [0.5, 0.6) is 0 Å². The maximum Gasteiger partial charge on any atom is -0.00793 e. The highest BCUT2D eigenvalue weighted by atomic mass is 14.2. The first kappa shape index (κ1) is 17.5. The van der Waals surface area contributed by atoms with E-state index >= 15 is 0 Å². The lowest BCUT2D eigenvalue weighted by molar-refractivity contribution is 0.713. The van der Waals surface area contributed by atoms with Gasteiger partial charge in [-0.05, 0) is 77.6 Å². The van der Waals surface area contributed by atoms with Crippen molar-refractivity contribution in [2.24, 2.45) is 5.92 Å². The Balaban J connectivity index is 2.08. The van der Waals surface area contributed by atoms with E-state index in [-0.39, 0.29) is 0 Å². The molecule has 0 fully saturated rings. The maximum atomic E-state index is 4.08. The summed E-state index contributed by atoms with van der Waals surface area (Å²) in [6.45, 7) is 13.0. The van der Waals surface area contributed by atoms with Crippen LogP contribution in [-0.2, 0) is 0 Å². The van der Waals surface area contributed by atoms with Crippen LogP contribution in [0, 0.1) is 19.8 Å². The van der Waals surface area contributed by atoms with Crippen molar-refractivity contribution in [1.82, 2.24) is 0 Å². The molecule has 0 heteroatoms. The van der Waals surface area contributed by atoms with Crippen LogP contribution in [0.25, 0.3) is 22.8 Å². The zero-order valence-electron chi connectivity index (χ0n) is 15.9. The van der Waals surface area contributed by atoms with Gasteiger partial charge in [-0.15, -0.1) is 0 Å². The Kier molecular flexibility index (Phi) is 5.08. The summed E-state index contributed by atoms with van der Waals surface area (Å²) in [4.78, 5) is 0. The van der Waals surface area contributed by atoms with Crippen LogP contribution in [-0.4, -0.2) is 0 Å². The molecule has 0 radical (unpaired) electrons. The summed E-state index contributed by atoms with van der Waals surface area (Å²) in [5.41, 5.74) is 10.8. The molecule has 0 aliphatic heterocycles. The number of hydrogen-bond acceptors (Lipinski definition) is 0. The Bertz CT molecular complexity index is 860. The van der Waals surface area contributed by atoms with Gasteiger partial charge in [-0.25, -0.2) is 0 Å². The summed E-state index contributed by atoms with van der Waals surface area (Å²) < 4.78 is 0. The van der Waals surface area contributed by atoms with E-state index in [1.807, 2.05) is 6.08 Å². The van der Waals surface area contributed by atoms with Crippen molar-refractivity contribution in [2.45, 2.75) is 40.5 Å². The average Bonchev–Trinajstić information content (AvgIpc) is 2.62. The summed E-state index contributed by atoms with van der Waals surface area (Å²) in [6.07, 6.45) is 8.93. The molecule has 0 aromatic heterocycles. The van der Waals surface area contributed by atoms with Gasteiger partial charge in [0.15, 0.2) is 0 Å². The molecule has 0 N–H and O–H groups in total. The van der Waals surface area contributed by atoms with E-state index in [2.05, 4.69) is 82.8 Å². The molecule has 2 aromatic rings. The van der Waals surface area contributed by atoms with Gasteiger partial charge >= 0.3 is 0 Å². The summed E-state index contributed by atoms with van der Waals surface area (Å²) >= 11 is 0. The normalized spacial score (nSPS) is 14.3. The Morgan fingerprint density at radius 2 is 1.72 bits per heavy atom. The summed E-state index contributed by atoms with van der Waals surface area (Å²) in [5, 5.41) is 0. The lowest BCUT2D eigenvalue weighted by atomic mass is 9.85. The highest BCUT2D eigenvalue weighted by Crippen LogP contribution is 2.36. The molecule has 0 heterocycles. The highest BCUT2D eigenvalue weighted by molar-refractivity contribution is 5.83. The number of aryl methyl sites for hydroxylation is 2. The second-order valence-electron chi connectivity index (χ2n) is 7.36. The van der Waals surface area contributed by atoms with Crippen molar-refractivity contribution in [2.75, 3.05) is 0 Å². The smallest absolute Gasteiger partial charge is 0.00793 e. The number of hydrogen-bond donors (Lipinski definition) is 0. The Hall–Kier alpha value is -2.34. The van der Waals surface area contributed by atoms with Crippen molar-refractivity contribution in [3.8, 4) is 11.1 Å². The standard InChI is InChI=1S/C25H28/c1-6-20-16-23(22-13-11-21(12-14-22)17(2)3)15-19(5)25(20)24-10-8-7-9-18(24)4/h6-11,13,15-17H,1,12,14H2,2-5H3. The maximum absolute atomic E-state index is 4.08. The molecule has 128 valence electrons. The van der Waals surface area contributed by atoms with Gasteiger partial charge in [-0.3, -0.25) is 0 Å². The predicted molar refractivity (Wildman–Crippen MR) is 112 cm³/mol. The van der Waals surface area contributed by atoms with Crippen LogP contribution in [0.15, 0.2) is 60.7 Å². The van der Waals surface area contributed by atoms with Gasteiger partial charge in [0.1, 0.15) is 0 Å². The van der Waals surface area contributed by atoms with Crippen molar-refractivity contribution in [3.05, 3.63) is 83.0 Å². The molecule has 0 saturated heterocycles. The lowest BCUT2D eigenvalue weighted by Crippen LogP contribution is -2.00. The van der Waals surface area contributed by atoms with Crippen LogP contribution < -0.4 is 0 Å². The van der Waals surface area contributed by atoms with E-state index in [0.29, 0.717) is 5.92 Å². The van der Waals surface area contributed by atoms with Crippen molar-refractivity contribution in [3.63, 3.8) is 0 Å². The van der Waals surface area contributed by atoms with Crippen LogP contribution in [0.2, 0.25) is 0 Å². The third-order valence-electron chi connectivity index (χ3n) is 5.29. The molecule has 0 saturated carbocycles. The fraction of sp³-hybridized carbons (Fsp3) is 0.280. The van der Waals surface area contributed by atoms with Gasteiger partial charge in [0.05, 0.1) is 0 Å². The van der Waals surface area contributed by atoms with E-state index in [1.165, 1.54) is 45.4 Å². The van der Waals surface area contributed by atoms with E-state index in [4.69, 9.17) is 0 Å². The Labute approximate surface area is 152 Å². The zero-order valence-corrected chi connectivity index (χ0v) is 15.9. The summed E-state index contributed by atoms with van der Waals surface area (Å²) in [5.74, 6) is 0.645. The highest BCUT2D eigenvalue weighted by Gasteiger charge is 2.15. The number of rotatable bonds is 4. The predicted octanol–water partition coefficient (Wildman–Crippen LogP) is 7.37. The summed E-state index contributed by atoms with van der Waals surface area (Å²) in [7, 11) is 0. The second kappa shape index (κ2) is 7.27. The van der Waals surface area contributed by atoms with E-state index in [1.54, 1.807) is 5.57 Å². The van der Waals surface area contributed by atoms with E-state index < -0.39 is 0 Å². The first-order chi connectivity index (χ1) is 12.0. The van der Waals surface area contributed by atoms with Crippen molar-refractivity contribution in [1.29, 1.82) is 0 Å². The van der Waals surface area contributed by atoms with Gasteiger partial charge in [-0.1, -0.05) is 74.6 Å². The molecule has 0 spiro atoms. The Morgan fingerprint density at radius 1 is 0.960 bits per heavy atom. The second-order valence-corrected chi connectivity index (χ2v) is 7.36. The SMILES string of the molecule is C=Cc1cc(C2=CC=C(C(C)C)CC2)cc(C)c1-c1ccccc1C. The fourth-order valence-electron chi connectivity index (χ4n) is 3.76. The van der Waals surface area contributed by atoms with Gasteiger partial charge in [0.25, 0.3) is 0 Å². The van der Waals surface area contributed by atoms with Gasteiger partial charge in [-0.2, -0.15) is 0 Å². The molecule has 1 aliphatic carbocycles. The molecule has 0 atom stereocenters. The quantitative estimate of drug-likeness (QED) is 0.549. The van der Waals surface area contributed by atoms with E-state index in [9.17, 15) is 0 Å². The fourth-order valence-corrected chi connectivity index (χ4v) is 3.76. The largest absolute Gasteiger partial charge is 0.0984 e. The number of allylic oxidation sites excluding steroid dienone is 4. The topological polar surface area (TPSA) is 0 Å². The van der Waals surface area contributed by atoms with Crippen molar-refractivity contribution >= 4 is 11.6 Å². The number of benzene rings is 2. The molecule has 25 heavy (non-hydrogen) atoms. The average molecular weight is 328 g/mol. The molecule has 2 aromatic carbocycles. The first-order valence-electron chi connectivity index (χ1n) is 9.24. The minimum Gasteiger partial charge on any atom is -0.0984 e. The molecule has 0 nitrogen and oxygen atoms in total. The van der Waals surface area contributed by atoms with Gasteiger partial charge in [0, 0.05) is 0 Å². The molecular formula is C25H28. The van der Waals surface area contributed by atoms with E-state index in [0.717, 1.165) is 6.42 Å². The van der Waals surface area contributed by atoms with Gasteiger partial charge in [0.2, 0.25) is 0 Å². The first-order valence-corrected chi connectivity index (χ1v) is 9.24. The molecule has 0 bridgehead atoms.